The maximum atomic E-state index is 2.46. The molecule has 0 N–H and O–H groups in total. The molecule has 0 saturated carbocycles. The van der Waals surface area contributed by atoms with E-state index in [-0.39, 0.29) is 0 Å². The van der Waals surface area contributed by atoms with Crippen LogP contribution < -0.4 is 4.90 Å². The van der Waals surface area contributed by atoms with E-state index in [9.17, 15) is 0 Å². The first-order valence-electron chi connectivity index (χ1n) is 19.8. The van der Waals surface area contributed by atoms with E-state index in [1.807, 2.05) is 0 Å². The predicted molar refractivity (Wildman–Crippen MR) is 241 cm³/mol. The number of hydrogen-bond donors (Lipinski definition) is 0. The van der Waals surface area contributed by atoms with Crippen LogP contribution in [0.4, 0.5) is 11.4 Å². The Morgan fingerprint density at radius 2 is 0.807 bits per heavy atom. The van der Waals surface area contributed by atoms with Crippen molar-refractivity contribution in [3.05, 3.63) is 224 Å². The largest absolute Gasteiger partial charge is 0.314 e. The summed E-state index contributed by atoms with van der Waals surface area (Å²) in [7, 11) is 0. The Hall–Kier alpha value is -7.36. The minimum Gasteiger partial charge on any atom is -0.314 e. The lowest BCUT2D eigenvalue weighted by Gasteiger charge is -2.30. The molecule has 0 unspecified atom stereocenters. The van der Waals surface area contributed by atoms with Gasteiger partial charge in [0.1, 0.15) is 0 Å². The number of nitrogens with zero attached hydrogens (tertiary/aromatic N) is 3. The predicted octanol–water partition coefficient (Wildman–Crippen LogP) is 14.4. The van der Waals surface area contributed by atoms with Crippen LogP contribution in [0.25, 0.3) is 71.7 Å². The van der Waals surface area contributed by atoms with Gasteiger partial charge in [-0.25, -0.2) is 0 Å². The molecule has 0 atom stereocenters. The molecule has 270 valence electrons. The van der Waals surface area contributed by atoms with Gasteiger partial charge < -0.3 is 14.0 Å². The van der Waals surface area contributed by atoms with Crippen LogP contribution in [0.1, 0.15) is 18.4 Å². The van der Waals surface area contributed by atoms with E-state index in [2.05, 4.69) is 226 Å². The number of para-hydroxylation sites is 4. The summed E-state index contributed by atoms with van der Waals surface area (Å²) < 4.78 is 4.79. The van der Waals surface area contributed by atoms with Gasteiger partial charge in [-0.05, 0) is 108 Å². The van der Waals surface area contributed by atoms with Gasteiger partial charge in [0.15, 0.2) is 0 Å². The molecule has 0 fully saturated rings. The van der Waals surface area contributed by atoms with E-state index in [1.165, 1.54) is 77.3 Å². The Bertz CT molecular complexity index is 3090. The molecule has 2 aromatic heterocycles. The van der Waals surface area contributed by atoms with Gasteiger partial charge >= 0.3 is 0 Å². The molecule has 2 heterocycles. The quantitative estimate of drug-likeness (QED) is 0.159. The van der Waals surface area contributed by atoms with Crippen molar-refractivity contribution in [1.29, 1.82) is 0 Å². The molecule has 3 heteroatoms. The molecule has 10 aromatic rings. The smallest absolute Gasteiger partial charge is 0.0561 e. The second kappa shape index (κ2) is 13.7. The first-order chi connectivity index (χ1) is 28.3. The minimum absolute atomic E-state index is 0.917. The van der Waals surface area contributed by atoms with Gasteiger partial charge in [-0.3, -0.25) is 0 Å². The van der Waals surface area contributed by atoms with Crippen molar-refractivity contribution in [3.63, 3.8) is 0 Å². The molecule has 0 saturated heterocycles. The van der Waals surface area contributed by atoms with Crippen molar-refractivity contribution >= 4 is 60.6 Å². The van der Waals surface area contributed by atoms with Gasteiger partial charge in [0.2, 0.25) is 0 Å². The normalized spacial score (nSPS) is 13.0. The van der Waals surface area contributed by atoms with Gasteiger partial charge in [-0.2, -0.15) is 0 Å². The number of fused-ring (bicyclic) bond motifs is 6. The molecular formula is C54H39N3. The van der Waals surface area contributed by atoms with E-state index in [0.717, 1.165) is 29.9 Å². The van der Waals surface area contributed by atoms with Crippen LogP contribution in [0.5, 0.6) is 0 Å². The summed E-state index contributed by atoms with van der Waals surface area (Å²) >= 11 is 0. The maximum Gasteiger partial charge on any atom is 0.0561 e. The lowest BCUT2D eigenvalue weighted by molar-refractivity contribution is 0.930. The lowest BCUT2D eigenvalue weighted by atomic mass is 9.94. The topological polar surface area (TPSA) is 13.1 Å². The first-order valence-corrected chi connectivity index (χ1v) is 19.8. The summed E-state index contributed by atoms with van der Waals surface area (Å²) in [5, 5.41) is 5.08. The summed E-state index contributed by atoms with van der Waals surface area (Å²) in [6, 6.07) is 72.6. The second-order valence-corrected chi connectivity index (χ2v) is 14.9. The Morgan fingerprint density at radius 1 is 0.333 bits per heavy atom. The summed E-state index contributed by atoms with van der Waals surface area (Å²) in [5.74, 6) is 0. The molecule has 0 bridgehead atoms. The van der Waals surface area contributed by atoms with Crippen LogP contribution in [0.3, 0.4) is 0 Å². The fourth-order valence-electron chi connectivity index (χ4n) is 8.95. The van der Waals surface area contributed by atoms with Crippen LogP contribution >= 0.6 is 0 Å². The van der Waals surface area contributed by atoms with Crippen LogP contribution in [0.15, 0.2) is 218 Å². The lowest BCUT2D eigenvalue weighted by Crippen LogP contribution is -2.18. The van der Waals surface area contributed by atoms with Crippen molar-refractivity contribution in [2.75, 3.05) is 4.90 Å². The van der Waals surface area contributed by atoms with Crippen LogP contribution in [-0.2, 0) is 0 Å². The third-order valence-electron chi connectivity index (χ3n) is 11.7. The molecule has 1 aliphatic rings. The zero-order valence-electron chi connectivity index (χ0n) is 31.5. The van der Waals surface area contributed by atoms with E-state index in [0.29, 0.717) is 0 Å². The van der Waals surface area contributed by atoms with Gasteiger partial charge in [0.05, 0.1) is 22.1 Å². The highest BCUT2D eigenvalue weighted by molar-refractivity contribution is 6.11. The van der Waals surface area contributed by atoms with Crippen molar-refractivity contribution in [2.24, 2.45) is 0 Å². The monoisotopic (exact) mass is 729 g/mol. The Morgan fingerprint density at radius 3 is 1.40 bits per heavy atom. The summed E-state index contributed by atoms with van der Waals surface area (Å²) in [4.78, 5) is 2.46. The zero-order valence-corrected chi connectivity index (χ0v) is 31.5. The molecular weight excluding hydrogens is 691 g/mol. The van der Waals surface area contributed by atoms with Crippen LogP contribution in [-0.4, -0.2) is 9.13 Å². The van der Waals surface area contributed by atoms with Gasteiger partial charge in [0.25, 0.3) is 0 Å². The fraction of sp³-hybridized carbons (Fsp3) is 0.0370. The van der Waals surface area contributed by atoms with Crippen molar-refractivity contribution in [1.82, 2.24) is 9.13 Å². The summed E-state index contributed by atoms with van der Waals surface area (Å²) in [6.45, 7) is 0. The summed E-state index contributed by atoms with van der Waals surface area (Å²) in [5.41, 5.74) is 15.8. The highest BCUT2D eigenvalue weighted by Gasteiger charge is 2.21. The SMILES string of the molecule is C1=C(c2ccc(-n3c4ccccc4c4ccccc43)cc2)CCC(N(c2ccc(-c3ccccc3)cc2)c2ccc3c4ccccc4n(-c4ccccc4)c3c2)=C1. The molecule has 57 heavy (non-hydrogen) atoms. The molecule has 3 nitrogen and oxygen atoms in total. The number of allylic oxidation sites excluding steroid dienone is 4. The van der Waals surface area contributed by atoms with E-state index in [4.69, 9.17) is 0 Å². The van der Waals surface area contributed by atoms with Crippen molar-refractivity contribution in [2.45, 2.75) is 12.8 Å². The van der Waals surface area contributed by atoms with Gasteiger partial charge in [-0.15, -0.1) is 0 Å². The van der Waals surface area contributed by atoms with Crippen LogP contribution in [0.2, 0.25) is 0 Å². The Balaban J connectivity index is 0.998. The third kappa shape index (κ3) is 5.67. The Labute approximate surface area is 332 Å². The van der Waals surface area contributed by atoms with E-state index >= 15 is 0 Å². The van der Waals surface area contributed by atoms with Crippen molar-refractivity contribution in [3.8, 4) is 22.5 Å². The number of aromatic nitrogens is 2. The average Bonchev–Trinajstić information content (AvgIpc) is 3.80. The third-order valence-corrected chi connectivity index (χ3v) is 11.7. The minimum atomic E-state index is 0.917. The maximum absolute atomic E-state index is 2.46. The van der Waals surface area contributed by atoms with Gasteiger partial charge in [0, 0.05) is 50.0 Å². The second-order valence-electron chi connectivity index (χ2n) is 14.9. The standard InChI is InChI=1S/C54H39N3/c1-3-13-38(14-4-1)39-23-29-43(30-24-39)55(46-35-36-50-49-19-9-12-22-53(49)57(54(50)37-46)42-15-5-2-6-16-42)44-31-25-40(26-32-44)41-27-33-45(34-28-41)56-51-20-10-7-17-47(51)48-18-8-11-21-52(48)56/h1-25,27-31,33-37H,26,32H2. The highest BCUT2D eigenvalue weighted by Crippen LogP contribution is 2.41. The molecule has 1 aliphatic carbocycles. The molecule has 11 rings (SSSR count). The summed E-state index contributed by atoms with van der Waals surface area (Å²) in [6.07, 6.45) is 6.53. The molecule has 0 spiro atoms. The average molecular weight is 730 g/mol. The van der Waals surface area contributed by atoms with Gasteiger partial charge in [-0.1, -0.05) is 140 Å². The first kappa shape index (κ1) is 33.0. The zero-order chi connectivity index (χ0) is 37.7. The molecule has 8 aromatic carbocycles. The van der Waals surface area contributed by atoms with Crippen LogP contribution in [0, 0.1) is 0 Å². The number of anilines is 2. The molecule has 0 radical (unpaired) electrons. The number of rotatable bonds is 7. The fourth-order valence-corrected chi connectivity index (χ4v) is 8.95. The van der Waals surface area contributed by atoms with Crippen molar-refractivity contribution < 1.29 is 0 Å². The molecule has 0 aliphatic heterocycles. The number of hydrogen-bond acceptors (Lipinski definition) is 1. The molecule has 0 amide bonds. The van der Waals surface area contributed by atoms with E-state index < -0.39 is 0 Å². The Kier molecular flexibility index (Phi) is 7.96. The number of benzene rings is 8. The van der Waals surface area contributed by atoms with E-state index in [1.54, 1.807) is 0 Å². The highest BCUT2D eigenvalue weighted by atomic mass is 15.2.